The Morgan fingerprint density at radius 2 is 2.07 bits per heavy atom. The Kier molecular flexibility index (Phi) is 4.38. The average Bonchev–Trinajstić information content (AvgIpc) is 2.18. The van der Waals surface area contributed by atoms with Crippen molar-refractivity contribution in [3.05, 3.63) is 34.9 Å². The summed E-state index contributed by atoms with van der Waals surface area (Å²) in [4.78, 5) is 11.4. The molecule has 1 aromatic rings. The fourth-order valence-corrected chi connectivity index (χ4v) is 1.32. The van der Waals surface area contributed by atoms with Gasteiger partial charge in [-0.2, -0.15) is 0 Å². The van der Waals surface area contributed by atoms with Gasteiger partial charge in [-0.3, -0.25) is 0 Å². The number of hydrogen-bond acceptors (Lipinski definition) is 2. The van der Waals surface area contributed by atoms with Crippen molar-refractivity contribution < 1.29 is 32.1 Å². The first kappa shape index (κ1) is 11.5. The lowest BCUT2D eigenvalue weighted by atomic mass is 10.1. The Morgan fingerprint density at radius 1 is 1.36 bits per heavy atom. The van der Waals surface area contributed by atoms with E-state index in [2.05, 4.69) is 0 Å². The molecule has 0 aromatic heterocycles. The molecule has 1 rings (SSSR count). The summed E-state index contributed by atoms with van der Waals surface area (Å²) in [5.41, 5.74) is 2.96. The second-order valence-electron chi connectivity index (χ2n) is 3.14. The summed E-state index contributed by atoms with van der Waals surface area (Å²) in [7, 11) is 0. The van der Waals surface area contributed by atoms with Crippen molar-refractivity contribution in [2.45, 2.75) is 13.8 Å². The summed E-state index contributed by atoms with van der Waals surface area (Å²) in [6.45, 7) is 4.51. The molecule has 1 aromatic carbocycles. The van der Waals surface area contributed by atoms with Gasteiger partial charge in [-0.1, -0.05) is 6.07 Å². The Bertz CT molecular complexity index is 334. The van der Waals surface area contributed by atoms with Crippen molar-refractivity contribution in [3.63, 3.8) is 0 Å². The van der Waals surface area contributed by atoms with Crippen LogP contribution in [-0.4, -0.2) is 17.0 Å². The molecule has 0 aliphatic carbocycles. The summed E-state index contributed by atoms with van der Waals surface area (Å²) >= 11 is 1.91. The molecule has 0 heterocycles. The number of halogens is 1. The van der Waals surface area contributed by atoms with Gasteiger partial charge in [0, 0.05) is 0 Å². The molecule has 0 atom stereocenters. The molecule has 0 fully saturated rings. The lowest BCUT2D eigenvalue weighted by Gasteiger charge is -2.04. The average molecular weight is 305 g/mol. The molecular weight excluding hydrogens is 291 g/mol. The third-order valence-corrected chi connectivity index (χ3v) is 2.53. The van der Waals surface area contributed by atoms with Gasteiger partial charge in [0.1, 0.15) is 6.61 Å². The quantitative estimate of drug-likeness (QED) is 0.396. The van der Waals surface area contributed by atoms with Gasteiger partial charge in [0.2, 0.25) is 0 Å². The minimum atomic E-state index is -0.225. The number of hydrogen-bond donors (Lipinski definition) is 0. The molecule has 0 saturated heterocycles. The summed E-state index contributed by atoms with van der Waals surface area (Å²) < 4.78 is 5.90. The first-order valence-electron chi connectivity index (χ1n) is 4.47. The van der Waals surface area contributed by atoms with E-state index in [9.17, 15) is 4.79 Å². The second-order valence-corrected chi connectivity index (χ2v) is 4.30. The number of alkyl halides is 1. The lowest BCUT2D eigenvalue weighted by molar-refractivity contribution is -0.371. The van der Waals surface area contributed by atoms with Crippen molar-refractivity contribution in [2.24, 2.45) is 0 Å². The molecule has 0 spiro atoms. The monoisotopic (exact) mass is 305 g/mol. The fourth-order valence-electron chi connectivity index (χ4n) is 1.09. The molecule has 0 saturated carbocycles. The predicted octanol–water partition coefficient (Wildman–Crippen LogP) is -1.25. The van der Waals surface area contributed by atoms with E-state index in [0.29, 0.717) is 12.2 Å². The molecule has 0 amide bonds. The molecule has 3 heteroatoms. The standard InChI is InChI=1S/C11H14IO2/c1-8-3-4-10(7-9(8)2)11(13)14-6-5-12/h3-4,7,12H,5-6H2,1-2H3/q+1. The van der Waals surface area contributed by atoms with E-state index in [0.717, 1.165) is 9.99 Å². The number of rotatable bonds is 3. The van der Waals surface area contributed by atoms with Crippen LogP contribution < -0.4 is 22.6 Å². The zero-order chi connectivity index (χ0) is 10.6. The van der Waals surface area contributed by atoms with Crippen LogP contribution in [0.25, 0.3) is 0 Å². The van der Waals surface area contributed by atoms with Gasteiger partial charge in [0.25, 0.3) is 22.6 Å². The van der Waals surface area contributed by atoms with E-state index >= 15 is 0 Å². The fraction of sp³-hybridized carbons (Fsp3) is 0.364. The molecule has 0 bridgehead atoms. The van der Waals surface area contributed by atoms with Crippen LogP contribution in [0.1, 0.15) is 21.5 Å². The van der Waals surface area contributed by atoms with Crippen LogP contribution in [0.5, 0.6) is 0 Å². The maximum absolute atomic E-state index is 11.4. The molecule has 0 radical (unpaired) electrons. The van der Waals surface area contributed by atoms with Crippen LogP contribution in [0.3, 0.4) is 0 Å². The molecule has 0 aliphatic rings. The maximum atomic E-state index is 11.4. The minimum Gasteiger partial charge on any atom is -0.458 e. The molecule has 0 N–H and O–H groups in total. The van der Waals surface area contributed by atoms with Gasteiger partial charge < -0.3 is 4.74 Å². The van der Waals surface area contributed by atoms with Crippen molar-refractivity contribution >= 4 is 5.97 Å². The summed E-state index contributed by atoms with van der Waals surface area (Å²) in [5.74, 6) is -0.225. The molecule has 76 valence electrons. The topological polar surface area (TPSA) is 26.3 Å². The third kappa shape index (κ3) is 2.97. The Hall–Kier alpha value is -0.580. The number of carbonyl (C=O) groups is 1. The van der Waals surface area contributed by atoms with Crippen LogP contribution in [0.2, 0.25) is 0 Å². The van der Waals surface area contributed by atoms with Gasteiger partial charge >= 0.3 is 5.97 Å². The molecule has 0 unspecified atom stereocenters. The molecular formula is C11H14IO2+. The van der Waals surface area contributed by atoms with Crippen molar-refractivity contribution in [1.29, 1.82) is 0 Å². The van der Waals surface area contributed by atoms with Crippen LogP contribution >= 0.6 is 0 Å². The zero-order valence-electron chi connectivity index (χ0n) is 8.37. The highest BCUT2D eigenvalue weighted by molar-refractivity contribution is 5.89. The highest BCUT2D eigenvalue weighted by Gasteiger charge is 2.07. The number of esters is 1. The Balaban J connectivity index is 2.76. The third-order valence-electron chi connectivity index (χ3n) is 2.06. The first-order chi connectivity index (χ1) is 6.65. The maximum Gasteiger partial charge on any atom is 0.338 e. The van der Waals surface area contributed by atoms with Gasteiger partial charge in [0.05, 0.1) is 5.56 Å². The summed E-state index contributed by atoms with van der Waals surface area (Å²) in [5, 5.41) is 0. The number of ether oxygens (including phenoxy) is 1. The highest BCUT2D eigenvalue weighted by Crippen LogP contribution is 2.10. The predicted molar refractivity (Wildman–Crippen MR) is 52.5 cm³/mol. The number of carbonyl (C=O) groups excluding carboxylic acids is 1. The van der Waals surface area contributed by atoms with Crippen LogP contribution in [0.4, 0.5) is 0 Å². The summed E-state index contributed by atoms with van der Waals surface area (Å²) in [6.07, 6.45) is 0. The first-order valence-corrected chi connectivity index (χ1v) is 6.12. The largest absolute Gasteiger partial charge is 0.458 e. The van der Waals surface area contributed by atoms with Gasteiger partial charge in [-0.05, 0) is 37.1 Å². The van der Waals surface area contributed by atoms with Crippen molar-refractivity contribution in [1.82, 2.24) is 0 Å². The smallest absolute Gasteiger partial charge is 0.338 e. The van der Waals surface area contributed by atoms with Crippen LogP contribution in [0.15, 0.2) is 18.2 Å². The summed E-state index contributed by atoms with van der Waals surface area (Å²) in [6, 6.07) is 5.62. The van der Waals surface area contributed by atoms with Gasteiger partial charge in [-0.15, -0.1) is 0 Å². The van der Waals surface area contributed by atoms with E-state index < -0.39 is 0 Å². The van der Waals surface area contributed by atoms with Gasteiger partial charge in [-0.25, -0.2) is 4.79 Å². The SMILES string of the molecule is Cc1ccc(C(=O)OCC[IH+])cc1C. The Morgan fingerprint density at radius 3 is 2.64 bits per heavy atom. The molecule has 2 nitrogen and oxygen atoms in total. The number of benzene rings is 1. The van der Waals surface area contributed by atoms with E-state index in [1.165, 1.54) is 5.56 Å². The Labute approximate surface area is 97.8 Å². The zero-order valence-corrected chi connectivity index (χ0v) is 10.7. The van der Waals surface area contributed by atoms with Crippen LogP contribution in [0, 0.1) is 13.8 Å². The van der Waals surface area contributed by atoms with Crippen LogP contribution in [-0.2, 0) is 4.74 Å². The second kappa shape index (κ2) is 5.34. The normalized spacial score (nSPS) is 9.93. The van der Waals surface area contributed by atoms with Crippen molar-refractivity contribution in [2.75, 3.05) is 11.0 Å². The minimum absolute atomic E-state index is 0.225. The van der Waals surface area contributed by atoms with E-state index in [1.54, 1.807) is 6.07 Å². The number of aryl methyl sites for hydroxylation is 2. The van der Waals surface area contributed by atoms with E-state index in [4.69, 9.17) is 4.74 Å². The molecule has 14 heavy (non-hydrogen) atoms. The lowest BCUT2D eigenvalue weighted by Crippen LogP contribution is -3.35. The van der Waals surface area contributed by atoms with Gasteiger partial charge in [0.15, 0.2) is 4.43 Å². The van der Waals surface area contributed by atoms with E-state index in [1.807, 2.05) is 48.6 Å². The molecule has 0 aliphatic heterocycles. The van der Waals surface area contributed by atoms with Crippen molar-refractivity contribution in [3.8, 4) is 0 Å². The van der Waals surface area contributed by atoms with E-state index in [-0.39, 0.29) is 5.97 Å². The highest BCUT2D eigenvalue weighted by atomic mass is 127.